The van der Waals surface area contributed by atoms with Gasteiger partial charge in [-0.1, -0.05) is 0 Å². The highest BCUT2D eigenvalue weighted by Gasteiger charge is 2.12. The highest BCUT2D eigenvalue weighted by Crippen LogP contribution is 2.05. The van der Waals surface area contributed by atoms with Gasteiger partial charge in [0.05, 0.1) is 6.61 Å². The molecular formula is C5H12N2O. The van der Waals surface area contributed by atoms with Crippen molar-refractivity contribution in [1.82, 2.24) is 5.32 Å². The van der Waals surface area contributed by atoms with Gasteiger partial charge in [0, 0.05) is 6.54 Å². The molecule has 0 aliphatic carbocycles. The Labute approximate surface area is 49.2 Å². The molecule has 3 nitrogen and oxygen atoms in total. The second kappa shape index (κ2) is 3.02. The highest BCUT2D eigenvalue weighted by atomic mass is 16.6. The van der Waals surface area contributed by atoms with E-state index in [0.717, 1.165) is 13.1 Å². The van der Waals surface area contributed by atoms with Crippen LogP contribution in [0.25, 0.3) is 0 Å². The first-order valence-corrected chi connectivity index (χ1v) is 2.96. The Morgan fingerprint density at radius 3 is 3.12 bits per heavy atom. The maximum absolute atomic E-state index is 4.88. The first-order chi connectivity index (χ1) is 3.93. The molecule has 0 aromatic rings. The second-order valence-corrected chi connectivity index (χ2v) is 2.19. The minimum Gasteiger partial charge on any atom is -0.316 e. The van der Waals surface area contributed by atoms with E-state index in [1.165, 1.54) is 6.42 Å². The fraction of sp³-hybridized carbons (Fsp3) is 1.00. The number of hydrogen-bond donors (Lipinski definition) is 2. The van der Waals surface area contributed by atoms with E-state index < -0.39 is 0 Å². The van der Waals surface area contributed by atoms with Gasteiger partial charge in [0.2, 0.25) is 0 Å². The zero-order valence-corrected chi connectivity index (χ0v) is 4.89. The molecule has 0 bridgehead atoms. The van der Waals surface area contributed by atoms with E-state index in [9.17, 15) is 0 Å². The lowest BCUT2D eigenvalue weighted by Gasteiger charge is -2.02. The summed E-state index contributed by atoms with van der Waals surface area (Å²) in [6, 6.07) is 0. The SMILES string of the molecule is NOCC1CCNC1. The number of nitrogens with one attached hydrogen (secondary N) is 1. The predicted octanol–water partition coefficient (Wildman–Crippen LogP) is -0.514. The molecule has 1 fully saturated rings. The lowest BCUT2D eigenvalue weighted by Crippen LogP contribution is -2.15. The van der Waals surface area contributed by atoms with Gasteiger partial charge in [-0.3, -0.25) is 0 Å². The summed E-state index contributed by atoms with van der Waals surface area (Å²) in [5.74, 6) is 5.53. The molecule has 0 aromatic carbocycles. The van der Waals surface area contributed by atoms with Crippen LogP contribution in [0.4, 0.5) is 0 Å². The summed E-state index contributed by atoms with van der Waals surface area (Å²) in [6.07, 6.45) is 1.21. The predicted molar refractivity (Wildman–Crippen MR) is 31.1 cm³/mol. The molecule has 1 atom stereocenters. The van der Waals surface area contributed by atoms with Crippen LogP contribution in [0.2, 0.25) is 0 Å². The van der Waals surface area contributed by atoms with E-state index in [1.807, 2.05) is 0 Å². The quantitative estimate of drug-likeness (QED) is 0.477. The van der Waals surface area contributed by atoms with Gasteiger partial charge in [0.15, 0.2) is 0 Å². The molecule has 48 valence electrons. The molecule has 0 amide bonds. The van der Waals surface area contributed by atoms with Crippen LogP contribution >= 0.6 is 0 Å². The standard InChI is InChI=1S/C5H12N2O/c6-8-4-5-1-2-7-3-5/h5,7H,1-4,6H2. The minimum absolute atomic E-state index is 0.653. The van der Waals surface area contributed by atoms with E-state index in [1.54, 1.807) is 0 Å². The fourth-order valence-corrected chi connectivity index (χ4v) is 0.993. The third-order valence-corrected chi connectivity index (χ3v) is 1.49. The smallest absolute Gasteiger partial charge is 0.0720 e. The average molecular weight is 116 g/mol. The third-order valence-electron chi connectivity index (χ3n) is 1.49. The molecule has 3 heteroatoms. The van der Waals surface area contributed by atoms with Crippen molar-refractivity contribution in [1.29, 1.82) is 0 Å². The van der Waals surface area contributed by atoms with Crippen molar-refractivity contribution in [2.75, 3.05) is 19.7 Å². The fourth-order valence-electron chi connectivity index (χ4n) is 0.993. The molecule has 1 rings (SSSR count). The van der Waals surface area contributed by atoms with Crippen LogP contribution < -0.4 is 11.2 Å². The molecule has 0 radical (unpaired) electrons. The molecule has 0 saturated carbocycles. The Morgan fingerprint density at radius 2 is 2.62 bits per heavy atom. The molecule has 1 heterocycles. The van der Waals surface area contributed by atoms with Crippen LogP contribution in [-0.2, 0) is 4.84 Å². The number of rotatable bonds is 2. The average Bonchev–Trinajstić information content (AvgIpc) is 2.19. The van der Waals surface area contributed by atoms with Gasteiger partial charge in [0.1, 0.15) is 0 Å². The molecule has 1 saturated heterocycles. The van der Waals surface area contributed by atoms with Gasteiger partial charge >= 0.3 is 0 Å². The molecule has 0 aromatic heterocycles. The lowest BCUT2D eigenvalue weighted by atomic mass is 10.1. The molecule has 1 aliphatic heterocycles. The topological polar surface area (TPSA) is 47.3 Å². The summed E-state index contributed by atoms with van der Waals surface area (Å²) < 4.78 is 0. The molecular weight excluding hydrogens is 104 g/mol. The van der Waals surface area contributed by atoms with Crippen LogP contribution in [0.5, 0.6) is 0 Å². The number of hydrogen-bond acceptors (Lipinski definition) is 3. The Bertz CT molecular complexity index is 61.4. The zero-order valence-electron chi connectivity index (χ0n) is 4.89. The maximum atomic E-state index is 4.88. The van der Waals surface area contributed by atoms with Crippen LogP contribution in [0.3, 0.4) is 0 Å². The van der Waals surface area contributed by atoms with Crippen molar-refractivity contribution >= 4 is 0 Å². The van der Waals surface area contributed by atoms with Crippen LogP contribution in [0.1, 0.15) is 6.42 Å². The van der Waals surface area contributed by atoms with E-state index in [0.29, 0.717) is 12.5 Å². The number of nitrogens with two attached hydrogens (primary N) is 1. The third kappa shape index (κ3) is 1.43. The van der Waals surface area contributed by atoms with Crippen molar-refractivity contribution < 1.29 is 4.84 Å². The summed E-state index contributed by atoms with van der Waals surface area (Å²) in [5, 5.41) is 3.22. The summed E-state index contributed by atoms with van der Waals surface area (Å²) in [6.45, 7) is 2.89. The normalized spacial score (nSPS) is 28.9. The first kappa shape index (κ1) is 6.01. The van der Waals surface area contributed by atoms with Gasteiger partial charge in [0.25, 0.3) is 0 Å². The van der Waals surface area contributed by atoms with Crippen molar-refractivity contribution in [2.24, 2.45) is 11.8 Å². The Balaban J connectivity index is 2.06. The van der Waals surface area contributed by atoms with Crippen LogP contribution in [-0.4, -0.2) is 19.7 Å². The Morgan fingerprint density at radius 1 is 1.75 bits per heavy atom. The van der Waals surface area contributed by atoms with Gasteiger partial charge in [-0.2, -0.15) is 0 Å². The zero-order chi connectivity index (χ0) is 5.82. The van der Waals surface area contributed by atoms with E-state index in [-0.39, 0.29) is 0 Å². The van der Waals surface area contributed by atoms with Gasteiger partial charge in [-0.25, -0.2) is 5.90 Å². The van der Waals surface area contributed by atoms with E-state index in [4.69, 9.17) is 5.90 Å². The highest BCUT2D eigenvalue weighted by molar-refractivity contribution is 4.69. The molecule has 0 spiro atoms. The van der Waals surface area contributed by atoms with Crippen molar-refractivity contribution in [3.63, 3.8) is 0 Å². The van der Waals surface area contributed by atoms with Crippen molar-refractivity contribution in [3.8, 4) is 0 Å². The van der Waals surface area contributed by atoms with E-state index >= 15 is 0 Å². The lowest BCUT2D eigenvalue weighted by molar-refractivity contribution is 0.107. The maximum Gasteiger partial charge on any atom is 0.0720 e. The van der Waals surface area contributed by atoms with Gasteiger partial charge in [-0.05, 0) is 18.9 Å². The minimum atomic E-state index is 0.653. The molecule has 3 N–H and O–H groups in total. The second-order valence-electron chi connectivity index (χ2n) is 2.19. The Hall–Kier alpha value is -0.120. The van der Waals surface area contributed by atoms with E-state index in [2.05, 4.69) is 10.2 Å². The monoisotopic (exact) mass is 116 g/mol. The largest absolute Gasteiger partial charge is 0.316 e. The van der Waals surface area contributed by atoms with Crippen molar-refractivity contribution in [2.45, 2.75) is 6.42 Å². The van der Waals surface area contributed by atoms with Crippen LogP contribution in [0, 0.1) is 5.92 Å². The summed E-state index contributed by atoms with van der Waals surface area (Å²) in [5.41, 5.74) is 0. The Kier molecular flexibility index (Phi) is 2.27. The molecule has 1 aliphatic rings. The summed E-state index contributed by atoms with van der Waals surface area (Å²) in [4.78, 5) is 4.49. The van der Waals surface area contributed by atoms with Crippen LogP contribution in [0.15, 0.2) is 0 Å². The first-order valence-electron chi connectivity index (χ1n) is 2.96. The van der Waals surface area contributed by atoms with Gasteiger partial charge in [-0.15, -0.1) is 0 Å². The van der Waals surface area contributed by atoms with Crippen molar-refractivity contribution in [3.05, 3.63) is 0 Å². The van der Waals surface area contributed by atoms with Gasteiger partial charge < -0.3 is 10.2 Å². The summed E-state index contributed by atoms with van der Waals surface area (Å²) in [7, 11) is 0. The summed E-state index contributed by atoms with van der Waals surface area (Å²) >= 11 is 0. The molecule has 1 unspecified atom stereocenters. The molecule has 8 heavy (non-hydrogen) atoms.